The van der Waals surface area contributed by atoms with E-state index in [1.165, 1.54) is 23.1 Å². The zero-order valence-corrected chi connectivity index (χ0v) is 29.2. The molecule has 1 heterocycles. The van der Waals surface area contributed by atoms with Gasteiger partial charge in [-0.05, 0) is 90.6 Å². The van der Waals surface area contributed by atoms with E-state index in [2.05, 4.69) is 146 Å². The number of rotatable bonds is 8. The Balaban J connectivity index is 2.60. The van der Waals surface area contributed by atoms with E-state index >= 15 is 0 Å². The molecule has 0 saturated carbocycles. The topological polar surface area (TPSA) is 0 Å². The molecule has 1 saturated heterocycles. The molecule has 2 unspecified atom stereocenters. The lowest BCUT2D eigenvalue weighted by molar-refractivity contribution is 0.391. The van der Waals surface area contributed by atoms with Crippen molar-refractivity contribution in [3.8, 4) is 0 Å². The van der Waals surface area contributed by atoms with Gasteiger partial charge in [-0.3, -0.25) is 0 Å². The summed E-state index contributed by atoms with van der Waals surface area (Å²) >= 11 is 0. The van der Waals surface area contributed by atoms with Gasteiger partial charge in [0.25, 0.3) is 0 Å². The molecule has 1 fully saturated rings. The molecule has 0 N–H and O–H groups in total. The predicted molar refractivity (Wildman–Crippen MR) is 179 cm³/mol. The number of allylic oxidation sites excluding steroid dienone is 1. The molecule has 216 valence electrons. The van der Waals surface area contributed by atoms with E-state index in [0.717, 1.165) is 5.54 Å². The van der Waals surface area contributed by atoms with Crippen LogP contribution in [-0.4, -0.2) is 8.07 Å². The lowest BCUT2D eigenvalue weighted by Gasteiger charge is -2.63. The van der Waals surface area contributed by atoms with Gasteiger partial charge in [0.05, 0.1) is 0 Å². The number of benzene rings is 2. The van der Waals surface area contributed by atoms with Crippen molar-refractivity contribution in [2.75, 3.05) is 0 Å². The van der Waals surface area contributed by atoms with Crippen LogP contribution >= 0.6 is 0 Å². The second-order valence-corrected chi connectivity index (χ2v) is 20.5. The summed E-state index contributed by atoms with van der Waals surface area (Å²) in [5.74, 6) is 2.74. The highest BCUT2D eigenvalue weighted by atomic mass is 28.3. The highest BCUT2D eigenvalue weighted by molar-refractivity contribution is 7.02. The van der Waals surface area contributed by atoms with Crippen LogP contribution in [0.5, 0.6) is 0 Å². The van der Waals surface area contributed by atoms with Crippen molar-refractivity contribution in [3.63, 3.8) is 0 Å². The van der Waals surface area contributed by atoms with Gasteiger partial charge in [0.1, 0.15) is 8.07 Å². The van der Waals surface area contributed by atoms with Crippen LogP contribution in [0.25, 0.3) is 5.57 Å². The summed E-state index contributed by atoms with van der Waals surface area (Å²) in [5, 5.41) is 2.09. The van der Waals surface area contributed by atoms with Crippen LogP contribution in [0.4, 0.5) is 0 Å². The predicted octanol–water partition coefficient (Wildman–Crippen LogP) is 11.7. The molecule has 1 aliphatic heterocycles. The zero-order valence-electron chi connectivity index (χ0n) is 28.2. The van der Waals surface area contributed by atoms with Gasteiger partial charge >= 0.3 is 0 Å². The van der Waals surface area contributed by atoms with Gasteiger partial charge in [-0.1, -0.05) is 146 Å². The van der Waals surface area contributed by atoms with Crippen molar-refractivity contribution in [2.45, 2.75) is 145 Å². The van der Waals surface area contributed by atoms with Crippen LogP contribution in [0.15, 0.2) is 42.1 Å². The Morgan fingerprint density at radius 2 is 1.26 bits per heavy atom. The molecular weight excluding hydrogens is 485 g/mol. The normalized spacial score (nSPS) is 21.9. The summed E-state index contributed by atoms with van der Waals surface area (Å²) in [7, 11) is -2.19. The Morgan fingerprint density at radius 1 is 0.769 bits per heavy atom. The smallest absolute Gasteiger partial charge is 0.0849 e. The molecule has 0 nitrogen and oxygen atoms in total. The maximum atomic E-state index is 2.96. The van der Waals surface area contributed by atoms with E-state index in [0.29, 0.717) is 34.6 Å². The van der Waals surface area contributed by atoms with Crippen LogP contribution in [0.3, 0.4) is 0 Å². The lowest BCUT2D eigenvalue weighted by Crippen LogP contribution is -2.69. The summed E-state index contributed by atoms with van der Waals surface area (Å²) in [6.45, 7) is 36.8. The Hall–Kier alpha value is -1.60. The number of hydrogen-bond acceptors (Lipinski definition) is 0. The maximum absolute atomic E-state index is 2.96. The van der Waals surface area contributed by atoms with Crippen molar-refractivity contribution in [2.24, 2.45) is 11.3 Å². The van der Waals surface area contributed by atoms with Crippen LogP contribution in [0.2, 0.25) is 10.6 Å². The van der Waals surface area contributed by atoms with Crippen molar-refractivity contribution >= 4 is 18.8 Å². The zero-order chi connectivity index (χ0) is 29.7. The first kappa shape index (κ1) is 31.9. The Bertz CT molecular complexity index is 1150. The summed E-state index contributed by atoms with van der Waals surface area (Å²) in [6.07, 6.45) is 1.33. The number of hydrogen-bond donors (Lipinski definition) is 0. The monoisotopic (exact) mass is 544 g/mol. The SMILES string of the molecule is CC(C)c1cc(C(C)C)c([Si]2(/C=C(/c3ccccc3C(C)C)C(C)(C)C)C(C(C)C)CC2(C)C)c(C(C)C)c1. The van der Waals surface area contributed by atoms with E-state index in [1.807, 2.05) is 0 Å². The molecule has 1 aliphatic rings. The molecule has 39 heavy (non-hydrogen) atoms. The molecule has 2 aromatic carbocycles. The Morgan fingerprint density at radius 3 is 1.64 bits per heavy atom. The van der Waals surface area contributed by atoms with E-state index in [1.54, 1.807) is 21.9 Å². The summed E-state index contributed by atoms with van der Waals surface area (Å²) in [6, 6.07) is 14.5. The second kappa shape index (κ2) is 11.3. The minimum Gasteiger partial charge on any atom is -0.0849 e. The van der Waals surface area contributed by atoms with E-state index < -0.39 is 8.07 Å². The fraction of sp³-hybridized carbons (Fsp3) is 0.632. The molecule has 0 aliphatic carbocycles. The minimum atomic E-state index is -2.19. The van der Waals surface area contributed by atoms with Gasteiger partial charge in [-0.15, -0.1) is 0 Å². The van der Waals surface area contributed by atoms with Crippen LogP contribution in [-0.2, 0) is 0 Å². The van der Waals surface area contributed by atoms with Crippen molar-refractivity contribution in [1.82, 2.24) is 0 Å². The van der Waals surface area contributed by atoms with Crippen LogP contribution < -0.4 is 5.19 Å². The van der Waals surface area contributed by atoms with Gasteiger partial charge in [0, 0.05) is 0 Å². The highest BCUT2D eigenvalue weighted by Gasteiger charge is 2.64. The summed E-state index contributed by atoms with van der Waals surface area (Å²) in [4.78, 5) is 0. The van der Waals surface area contributed by atoms with Gasteiger partial charge in [0.2, 0.25) is 0 Å². The third-order valence-electron chi connectivity index (χ3n) is 9.84. The van der Waals surface area contributed by atoms with Gasteiger partial charge in [-0.25, -0.2) is 0 Å². The summed E-state index contributed by atoms with van der Waals surface area (Å²) in [5.41, 5.74) is 13.1. The molecule has 0 aromatic heterocycles. The van der Waals surface area contributed by atoms with Crippen molar-refractivity contribution < 1.29 is 0 Å². The molecule has 0 radical (unpaired) electrons. The molecular formula is C38H60Si. The quantitative estimate of drug-likeness (QED) is 0.290. The largest absolute Gasteiger partial charge is 0.120 e. The van der Waals surface area contributed by atoms with E-state index in [9.17, 15) is 0 Å². The average molecular weight is 545 g/mol. The van der Waals surface area contributed by atoms with E-state index in [4.69, 9.17) is 0 Å². The van der Waals surface area contributed by atoms with Crippen LogP contribution in [0, 0.1) is 11.3 Å². The standard InChI is InChI=1S/C38H60Si/c1-24(2)29-20-32(26(5)6)36(33(21-29)27(7)8)39(35(28(9)10)22-38(39,14)15)23-34(37(11,12)13)31-19-17-16-18-30(31)25(3)4/h16-21,23-28,35H,22H2,1-15H3/b34-23-. The molecule has 1 heteroatoms. The van der Waals surface area contributed by atoms with Gasteiger partial charge in [0.15, 0.2) is 0 Å². The van der Waals surface area contributed by atoms with Gasteiger partial charge < -0.3 is 0 Å². The lowest BCUT2D eigenvalue weighted by atomic mass is 9.80. The first-order valence-corrected chi connectivity index (χ1v) is 18.0. The first-order chi connectivity index (χ1) is 17.9. The third kappa shape index (κ3) is 5.77. The molecule has 0 amide bonds. The third-order valence-corrected chi connectivity index (χ3v) is 16.5. The average Bonchev–Trinajstić information content (AvgIpc) is 2.81. The van der Waals surface area contributed by atoms with E-state index in [-0.39, 0.29) is 5.41 Å². The maximum Gasteiger partial charge on any atom is 0.120 e. The fourth-order valence-electron chi connectivity index (χ4n) is 7.52. The molecule has 0 spiro atoms. The fourth-order valence-corrected chi connectivity index (χ4v) is 15.1. The van der Waals surface area contributed by atoms with Crippen LogP contribution in [0.1, 0.15) is 162 Å². The minimum absolute atomic E-state index is 0.0616. The molecule has 0 bridgehead atoms. The van der Waals surface area contributed by atoms with Crippen molar-refractivity contribution in [3.05, 3.63) is 69.9 Å². The summed E-state index contributed by atoms with van der Waals surface area (Å²) < 4.78 is 0. The first-order valence-electron chi connectivity index (χ1n) is 15.9. The van der Waals surface area contributed by atoms with Gasteiger partial charge in [-0.2, -0.15) is 0 Å². The molecule has 3 rings (SSSR count). The highest BCUT2D eigenvalue weighted by Crippen LogP contribution is 2.66. The Labute approximate surface area is 244 Å². The van der Waals surface area contributed by atoms with Crippen molar-refractivity contribution in [1.29, 1.82) is 0 Å². The second-order valence-electron chi connectivity index (χ2n) is 15.9. The Kier molecular flexibility index (Phi) is 9.29. The molecule has 2 atom stereocenters. The molecule has 2 aromatic rings.